The number of carbonyl (C=O) groups is 1. The van der Waals surface area contributed by atoms with Gasteiger partial charge in [0.2, 0.25) is 5.91 Å². The van der Waals surface area contributed by atoms with Crippen molar-refractivity contribution >= 4 is 17.5 Å². The Morgan fingerprint density at radius 2 is 1.93 bits per heavy atom. The average molecular weight is 390 g/mol. The van der Waals surface area contributed by atoms with E-state index in [0.29, 0.717) is 24.0 Å². The lowest BCUT2D eigenvalue weighted by molar-refractivity contribution is -0.133. The minimum absolute atomic E-state index is 0.302. The van der Waals surface area contributed by atoms with Crippen molar-refractivity contribution in [1.29, 1.82) is 0 Å². The number of benzene rings is 1. The van der Waals surface area contributed by atoms with Gasteiger partial charge < -0.3 is 9.80 Å². The molecule has 4 heterocycles. The first-order valence-corrected chi connectivity index (χ1v) is 10.4. The van der Waals surface area contributed by atoms with E-state index < -0.39 is 0 Å². The molecule has 1 fully saturated rings. The number of amides is 1. The lowest BCUT2D eigenvalue weighted by Crippen LogP contribution is -2.39. The Hall–Kier alpha value is -2.96. The minimum atomic E-state index is 0.302. The van der Waals surface area contributed by atoms with Crippen LogP contribution in [0.4, 0.5) is 5.82 Å². The normalized spacial score (nSPS) is 17.6. The van der Waals surface area contributed by atoms with Crippen LogP contribution in [0.15, 0.2) is 36.7 Å². The van der Waals surface area contributed by atoms with Crippen LogP contribution in [0, 0.1) is 12.8 Å². The first-order chi connectivity index (χ1) is 14.2. The van der Waals surface area contributed by atoms with Gasteiger partial charge in [-0.3, -0.25) is 4.79 Å². The number of aryl methyl sites for hydroxylation is 1. The standard InChI is InChI=1S/C22H26N6O/c1-16-12-20(28-22(25-16)23-15-24-28)26-9-6-17(7-10-26)13-21(29)27-11-8-18-4-2-3-5-19(18)14-27/h2-5,12,15,17H,6-11,13-14H2,1H3. The van der Waals surface area contributed by atoms with Crippen molar-refractivity contribution in [2.75, 3.05) is 24.5 Å². The molecule has 29 heavy (non-hydrogen) atoms. The third-order valence-corrected chi connectivity index (χ3v) is 6.25. The molecule has 7 heteroatoms. The fourth-order valence-corrected chi connectivity index (χ4v) is 4.59. The fourth-order valence-electron chi connectivity index (χ4n) is 4.59. The van der Waals surface area contributed by atoms with E-state index in [1.165, 1.54) is 11.1 Å². The van der Waals surface area contributed by atoms with Crippen LogP contribution in [0.25, 0.3) is 5.78 Å². The second-order valence-electron chi connectivity index (χ2n) is 8.20. The highest BCUT2D eigenvalue weighted by atomic mass is 16.2. The van der Waals surface area contributed by atoms with Gasteiger partial charge in [0.05, 0.1) is 0 Å². The van der Waals surface area contributed by atoms with Crippen LogP contribution in [-0.4, -0.2) is 50.0 Å². The summed E-state index contributed by atoms with van der Waals surface area (Å²) in [4.78, 5) is 25.9. The lowest BCUT2D eigenvalue weighted by atomic mass is 9.92. The van der Waals surface area contributed by atoms with E-state index in [1.807, 2.05) is 16.3 Å². The summed E-state index contributed by atoms with van der Waals surface area (Å²) in [6, 6.07) is 10.5. The molecule has 0 radical (unpaired) electrons. The maximum atomic E-state index is 12.9. The van der Waals surface area contributed by atoms with Crippen LogP contribution in [-0.2, 0) is 17.8 Å². The molecule has 0 unspecified atom stereocenters. The molecule has 1 amide bonds. The first kappa shape index (κ1) is 18.1. The van der Waals surface area contributed by atoms with Gasteiger partial charge >= 0.3 is 0 Å². The molecule has 0 atom stereocenters. The van der Waals surface area contributed by atoms with Gasteiger partial charge in [-0.15, -0.1) is 0 Å². The Morgan fingerprint density at radius 3 is 2.76 bits per heavy atom. The summed E-state index contributed by atoms with van der Waals surface area (Å²) in [7, 11) is 0. The Bertz CT molecular complexity index is 1040. The molecule has 0 aliphatic carbocycles. The highest BCUT2D eigenvalue weighted by Gasteiger charge is 2.27. The number of rotatable bonds is 3. The predicted molar refractivity (Wildman–Crippen MR) is 111 cm³/mol. The Kier molecular flexibility index (Phi) is 4.66. The molecule has 1 aromatic carbocycles. The zero-order valence-corrected chi connectivity index (χ0v) is 16.8. The van der Waals surface area contributed by atoms with Crippen LogP contribution in [0.3, 0.4) is 0 Å². The summed E-state index contributed by atoms with van der Waals surface area (Å²) in [6.07, 6.45) is 5.22. The molecule has 2 aliphatic heterocycles. The van der Waals surface area contributed by atoms with Gasteiger partial charge in [0.25, 0.3) is 5.78 Å². The molecule has 3 aromatic rings. The van der Waals surface area contributed by atoms with Crippen LogP contribution in [0.5, 0.6) is 0 Å². The van der Waals surface area contributed by atoms with Gasteiger partial charge in [0, 0.05) is 44.4 Å². The number of aromatic nitrogens is 4. The quantitative estimate of drug-likeness (QED) is 0.688. The summed E-state index contributed by atoms with van der Waals surface area (Å²) in [5, 5.41) is 4.32. The molecule has 0 N–H and O–H groups in total. The van der Waals surface area contributed by atoms with Gasteiger partial charge in [0.15, 0.2) is 0 Å². The molecule has 2 aromatic heterocycles. The maximum Gasteiger partial charge on any atom is 0.254 e. The molecule has 1 saturated heterocycles. The highest BCUT2D eigenvalue weighted by Crippen LogP contribution is 2.27. The molecule has 150 valence electrons. The summed E-state index contributed by atoms with van der Waals surface area (Å²) in [5.74, 6) is 2.44. The Balaban J connectivity index is 1.20. The zero-order chi connectivity index (χ0) is 19.8. The van der Waals surface area contributed by atoms with Gasteiger partial charge in [-0.1, -0.05) is 24.3 Å². The van der Waals surface area contributed by atoms with Crippen LogP contribution in [0.2, 0.25) is 0 Å². The molecular weight excluding hydrogens is 364 g/mol. The number of anilines is 1. The van der Waals surface area contributed by atoms with Crippen LogP contribution in [0.1, 0.15) is 36.1 Å². The van der Waals surface area contributed by atoms with Crippen molar-refractivity contribution in [2.45, 2.75) is 39.2 Å². The van der Waals surface area contributed by atoms with E-state index in [9.17, 15) is 4.79 Å². The Labute approximate surface area is 170 Å². The van der Waals surface area contributed by atoms with E-state index in [1.54, 1.807) is 6.33 Å². The molecule has 0 bridgehead atoms. The summed E-state index contributed by atoms with van der Waals surface area (Å²) in [6.45, 7) is 5.45. The smallest absolute Gasteiger partial charge is 0.254 e. The predicted octanol–water partition coefficient (Wildman–Crippen LogP) is 2.62. The van der Waals surface area contributed by atoms with E-state index >= 15 is 0 Å². The van der Waals surface area contributed by atoms with Crippen LogP contribution >= 0.6 is 0 Å². The monoisotopic (exact) mass is 390 g/mol. The van der Waals surface area contributed by atoms with Crippen molar-refractivity contribution in [2.24, 2.45) is 5.92 Å². The summed E-state index contributed by atoms with van der Waals surface area (Å²) < 4.78 is 1.81. The van der Waals surface area contributed by atoms with Crippen molar-refractivity contribution in [3.8, 4) is 0 Å². The SMILES string of the molecule is Cc1cc(N2CCC(CC(=O)N3CCc4ccccc4C3)CC2)n2ncnc2n1. The fraction of sp³-hybridized carbons (Fsp3) is 0.455. The van der Waals surface area contributed by atoms with Crippen LogP contribution < -0.4 is 4.90 Å². The highest BCUT2D eigenvalue weighted by molar-refractivity contribution is 5.76. The third-order valence-electron chi connectivity index (χ3n) is 6.25. The van der Waals surface area contributed by atoms with Crippen molar-refractivity contribution in [1.82, 2.24) is 24.5 Å². The van der Waals surface area contributed by atoms with Gasteiger partial charge in [0.1, 0.15) is 12.1 Å². The largest absolute Gasteiger partial charge is 0.356 e. The van der Waals surface area contributed by atoms with Crippen molar-refractivity contribution < 1.29 is 4.79 Å². The third kappa shape index (κ3) is 3.57. The molecule has 2 aliphatic rings. The molecular formula is C22H26N6O. The van der Waals surface area contributed by atoms with Gasteiger partial charge in [-0.25, -0.2) is 4.98 Å². The minimum Gasteiger partial charge on any atom is -0.356 e. The van der Waals surface area contributed by atoms with E-state index in [0.717, 1.165) is 57.0 Å². The molecule has 0 spiro atoms. The van der Waals surface area contributed by atoms with E-state index in [2.05, 4.69) is 50.3 Å². The number of hydrogen-bond donors (Lipinski definition) is 0. The number of hydrogen-bond acceptors (Lipinski definition) is 5. The molecule has 5 rings (SSSR count). The summed E-state index contributed by atoms with van der Waals surface area (Å²) >= 11 is 0. The molecule has 0 saturated carbocycles. The summed E-state index contributed by atoms with van der Waals surface area (Å²) in [5.41, 5.74) is 3.63. The average Bonchev–Trinajstić information content (AvgIpc) is 3.22. The lowest BCUT2D eigenvalue weighted by Gasteiger charge is -2.35. The second-order valence-corrected chi connectivity index (χ2v) is 8.20. The number of fused-ring (bicyclic) bond motifs is 2. The number of nitrogens with zero attached hydrogens (tertiary/aromatic N) is 6. The Morgan fingerprint density at radius 1 is 1.14 bits per heavy atom. The van der Waals surface area contributed by atoms with E-state index in [-0.39, 0.29) is 0 Å². The topological polar surface area (TPSA) is 66.6 Å². The van der Waals surface area contributed by atoms with Crippen molar-refractivity contribution in [3.63, 3.8) is 0 Å². The van der Waals surface area contributed by atoms with Gasteiger partial charge in [-0.2, -0.15) is 14.6 Å². The van der Waals surface area contributed by atoms with E-state index in [4.69, 9.17) is 0 Å². The molecule has 7 nitrogen and oxygen atoms in total. The first-order valence-electron chi connectivity index (χ1n) is 10.4. The van der Waals surface area contributed by atoms with Gasteiger partial charge in [-0.05, 0) is 43.2 Å². The maximum absolute atomic E-state index is 12.9. The van der Waals surface area contributed by atoms with Crippen molar-refractivity contribution in [3.05, 3.63) is 53.5 Å². The zero-order valence-electron chi connectivity index (χ0n) is 16.8. The number of piperidine rings is 1. The number of carbonyl (C=O) groups excluding carboxylic acids is 1. The second kappa shape index (κ2) is 7.46.